The van der Waals surface area contributed by atoms with Crippen molar-refractivity contribution in [3.63, 3.8) is 0 Å². The van der Waals surface area contributed by atoms with Crippen molar-refractivity contribution in [2.75, 3.05) is 13.7 Å². The maximum Gasteiger partial charge on any atom is 0.335 e. The van der Waals surface area contributed by atoms with Gasteiger partial charge in [-0.2, -0.15) is 0 Å². The van der Waals surface area contributed by atoms with Crippen molar-refractivity contribution >= 4 is 11.5 Å². The van der Waals surface area contributed by atoms with E-state index in [1.165, 1.54) is 0 Å². The van der Waals surface area contributed by atoms with Gasteiger partial charge in [-0.15, -0.1) is 0 Å². The van der Waals surface area contributed by atoms with Gasteiger partial charge in [0.05, 0.1) is 13.7 Å². The molecule has 0 bridgehead atoms. The summed E-state index contributed by atoms with van der Waals surface area (Å²) in [5.41, 5.74) is 1.54. The second-order valence-electron chi connectivity index (χ2n) is 3.80. The first-order valence-electron chi connectivity index (χ1n) is 5.75. The zero-order valence-electron chi connectivity index (χ0n) is 10.7. The number of aliphatic hydroxyl groups is 1. The number of ether oxygens (including phenoxy) is 2. The number of aliphatic hydroxyl groups excluding tert-OH is 1. The Labute approximate surface area is 107 Å². The summed E-state index contributed by atoms with van der Waals surface area (Å²) in [6, 6.07) is 7.27. The quantitative estimate of drug-likeness (QED) is 0.785. The van der Waals surface area contributed by atoms with Gasteiger partial charge in [-0.25, -0.2) is 4.79 Å². The van der Waals surface area contributed by atoms with E-state index >= 15 is 0 Å². The number of hydrogen-bond donors (Lipinski definition) is 1. The third-order valence-corrected chi connectivity index (χ3v) is 2.50. The van der Waals surface area contributed by atoms with Crippen molar-refractivity contribution < 1.29 is 19.4 Å². The summed E-state index contributed by atoms with van der Waals surface area (Å²) in [6.45, 7) is 5.81. The number of hydrogen-bond acceptors (Lipinski definition) is 4. The summed E-state index contributed by atoms with van der Waals surface area (Å²) >= 11 is 0. The topological polar surface area (TPSA) is 55.8 Å². The molecule has 4 heteroatoms. The van der Waals surface area contributed by atoms with Crippen LogP contribution in [0, 0.1) is 0 Å². The summed E-state index contributed by atoms with van der Waals surface area (Å²) in [5, 5.41) is 9.62. The van der Waals surface area contributed by atoms with Gasteiger partial charge in [0.25, 0.3) is 0 Å². The number of esters is 1. The van der Waals surface area contributed by atoms with Gasteiger partial charge >= 0.3 is 5.97 Å². The molecule has 0 unspecified atom stereocenters. The van der Waals surface area contributed by atoms with E-state index in [0.717, 1.165) is 11.3 Å². The van der Waals surface area contributed by atoms with E-state index in [9.17, 15) is 9.90 Å². The van der Waals surface area contributed by atoms with Gasteiger partial charge in [0, 0.05) is 6.42 Å². The zero-order chi connectivity index (χ0) is 13.5. The molecule has 0 aromatic heterocycles. The van der Waals surface area contributed by atoms with Crippen molar-refractivity contribution in [2.45, 2.75) is 19.4 Å². The lowest BCUT2D eigenvalue weighted by molar-refractivity contribution is -0.152. The predicted octanol–water partition coefficient (Wildman–Crippen LogP) is 2.02. The standard InChI is InChI=1S/C14H18O4/c1-4-18-14(16)13(15)9-10(2)11-5-7-12(17-3)8-6-11/h5-8,13,15H,2,4,9H2,1,3H3/t13-/m0/s1. The Hall–Kier alpha value is -1.81. The molecule has 0 heterocycles. The molecule has 1 N–H and O–H groups in total. The largest absolute Gasteiger partial charge is 0.497 e. The molecule has 0 amide bonds. The molecule has 1 aromatic carbocycles. The lowest BCUT2D eigenvalue weighted by Gasteiger charge is -2.12. The van der Waals surface area contributed by atoms with Gasteiger partial charge in [-0.1, -0.05) is 18.7 Å². The molecule has 98 valence electrons. The SMILES string of the molecule is C=C(C[C@H](O)C(=O)OCC)c1ccc(OC)cc1. The fourth-order valence-electron chi connectivity index (χ4n) is 1.50. The van der Waals surface area contributed by atoms with Crippen LogP contribution in [0.5, 0.6) is 5.75 Å². The fraction of sp³-hybridized carbons (Fsp3) is 0.357. The van der Waals surface area contributed by atoms with Crippen LogP contribution in [0.2, 0.25) is 0 Å². The van der Waals surface area contributed by atoms with Gasteiger partial charge in [-0.3, -0.25) is 0 Å². The molecule has 0 aliphatic heterocycles. The molecule has 0 fully saturated rings. The summed E-state index contributed by atoms with van der Waals surface area (Å²) in [6.07, 6.45) is -1.01. The van der Waals surface area contributed by atoms with Gasteiger partial charge in [-0.05, 0) is 30.2 Å². The normalized spacial score (nSPS) is 11.7. The van der Waals surface area contributed by atoms with Crippen LogP contribution in [0.1, 0.15) is 18.9 Å². The molecule has 4 nitrogen and oxygen atoms in total. The smallest absolute Gasteiger partial charge is 0.335 e. The average molecular weight is 250 g/mol. The third kappa shape index (κ3) is 3.89. The van der Waals surface area contributed by atoms with Crippen LogP contribution in [-0.4, -0.2) is 30.9 Å². The van der Waals surface area contributed by atoms with Crippen LogP contribution in [0.15, 0.2) is 30.8 Å². The molecule has 0 aliphatic rings. The first-order valence-corrected chi connectivity index (χ1v) is 5.75. The Balaban J connectivity index is 2.61. The minimum Gasteiger partial charge on any atom is -0.497 e. The molecule has 1 atom stereocenters. The molecule has 0 saturated heterocycles. The minimum absolute atomic E-state index is 0.158. The van der Waals surface area contributed by atoms with Crippen LogP contribution in [0.3, 0.4) is 0 Å². The summed E-state index contributed by atoms with van der Waals surface area (Å²) in [7, 11) is 1.59. The van der Waals surface area contributed by atoms with Crippen molar-refractivity contribution in [3.8, 4) is 5.75 Å². The maximum atomic E-state index is 11.3. The Kier molecular flexibility index (Phi) is 5.39. The second-order valence-corrected chi connectivity index (χ2v) is 3.80. The van der Waals surface area contributed by atoms with E-state index in [1.807, 2.05) is 12.1 Å². The van der Waals surface area contributed by atoms with Gasteiger partial charge < -0.3 is 14.6 Å². The lowest BCUT2D eigenvalue weighted by Crippen LogP contribution is -2.23. The second kappa shape index (κ2) is 6.81. The highest BCUT2D eigenvalue weighted by atomic mass is 16.5. The van der Waals surface area contributed by atoms with Crippen molar-refractivity contribution in [3.05, 3.63) is 36.4 Å². The lowest BCUT2D eigenvalue weighted by atomic mass is 10.0. The highest BCUT2D eigenvalue weighted by Gasteiger charge is 2.17. The van der Waals surface area contributed by atoms with Crippen molar-refractivity contribution in [1.82, 2.24) is 0 Å². The van der Waals surface area contributed by atoms with E-state index in [2.05, 4.69) is 6.58 Å². The third-order valence-electron chi connectivity index (χ3n) is 2.50. The molecule has 0 radical (unpaired) electrons. The zero-order valence-corrected chi connectivity index (χ0v) is 10.7. The van der Waals surface area contributed by atoms with Gasteiger partial charge in [0.1, 0.15) is 5.75 Å². The molecule has 0 saturated carbocycles. The first kappa shape index (κ1) is 14.3. The van der Waals surface area contributed by atoms with E-state index < -0.39 is 12.1 Å². The molecular formula is C14H18O4. The molecule has 1 aromatic rings. The summed E-state index contributed by atoms with van der Waals surface area (Å²) in [4.78, 5) is 11.3. The Morgan fingerprint density at radius 1 is 1.39 bits per heavy atom. The van der Waals surface area contributed by atoms with Crippen molar-refractivity contribution in [1.29, 1.82) is 0 Å². The van der Waals surface area contributed by atoms with Gasteiger partial charge in [0.15, 0.2) is 6.10 Å². The van der Waals surface area contributed by atoms with Crippen LogP contribution >= 0.6 is 0 Å². The fourth-order valence-corrected chi connectivity index (χ4v) is 1.50. The highest BCUT2D eigenvalue weighted by Crippen LogP contribution is 2.21. The Bertz CT molecular complexity index is 408. The molecule has 0 aliphatic carbocycles. The van der Waals surface area contributed by atoms with E-state index in [1.54, 1.807) is 26.2 Å². The predicted molar refractivity (Wildman–Crippen MR) is 69.3 cm³/mol. The average Bonchev–Trinajstić information content (AvgIpc) is 2.39. The van der Waals surface area contributed by atoms with Gasteiger partial charge in [0.2, 0.25) is 0 Å². The van der Waals surface area contributed by atoms with E-state index in [-0.39, 0.29) is 13.0 Å². The number of benzene rings is 1. The first-order chi connectivity index (χ1) is 8.58. The minimum atomic E-state index is -1.17. The molecule has 1 rings (SSSR count). The molecule has 0 spiro atoms. The number of carbonyl (C=O) groups excluding carboxylic acids is 1. The Morgan fingerprint density at radius 3 is 2.50 bits per heavy atom. The Morgan fingerprint density at radius 2 is 2.00 bits per heavy atom. The summed E-state index contributed by atoms with van der Waals surface area (Å²) < 4.78 is 9.77. The number of carbonyl (C=O) groups is 1. The van der Waals surface area contributed by atoms with E-state index in [0.29, 0.717) is 5.57 Å². The number of methoxy groups -OCH3 is 1. The maximum absolute atomic E-state index is 11.3. The van der Waals surface area contributed by atoms with Crippen LogP contribution < -0.4 is 4.74 Å². The molecular weight excluding hydrogens is 232 g/mol. The monoisotopic (exact) mass is 250 g/mol. The molecule has 18 heavy (non-hydrogen) atoms. The van der Waals surface area contributed by atoms with Crippen LogP contribution in [-0.2, 0) is 9.53 Å². The number of rotatable bonds is 6. The van der Waals surface area contributed by atoms with Crippen molar-refractivity contribution in [2.24, 2.45) is 0 Å². The highest BCUT2D eigenvalue weighted by molar-refractivity contribution is 5.78. The van der Waals surface area contributed by atoms with E-state index in [4.69, 9.17) is 9.47 Å². The summed E-state index contributed by atoms with van der Waals surface area (Å²) in [5.74, 6) is 0.129. The van der Waals surface area contributed by atoms with Crippen LogP contribution in [0.25, 0.3) is 5.57 Å². The van der Waals surface area contributed by atoms with Crippen LogP contribution in [0.4, 0.5) is 0 Å².